The number of benzene rings is 1. The van der Waals surface area contributed by atoms with Gasteiger partial charge in [0.15, 0.2) is 0 Å². The fourth-order valence-electron chi connectivity index (χ4n) is 1.76. The highest BCUT2D eigenvalue weighted by atomic mass is 32.2. The first-order valence-electron chi connectivity index (χ1n) is 5.51. The summed E-state index contributed by atoms with van der Waals surface area (Å²) in [7, 11) is -1.26. The van der Waals surface area contributed by atoms with Crippen molar-refractivity contribution in [2.24, 2.45) is 5.73 Å². The van der Waals surface area contributed by atoms with Crippen LogP contribution in [0.2, 0.25) is 0 Å². The zero-order chi connectivity index (χ0) is 13.0. The van der Waals surface area contributed by atoms with Gasteiger partial charge >= 0.3 is 0 Å². The number of aromatic nitrogens is 1. The van der Waals surface area contributed by atoms with Gasteiger partial charge in [0, 0.05) is 28.9 Å². The molecule has 0 saturated carbocycles. The number of rotatable bonds is 5. The summed E-state index contributed by atoms with van der Waals surface area (Å²) in [5.41, 5.74) is 6.95. The number of carbonyl (C=O) groups excluding carboxylic acids is 1. The Kier molecular flexibility index (Phi) is 3.94. The Bertz CT molecular complexity index is 564. The molecule has 0 aliphatic heterocycles. The van der Waals surface area contributed by atoms with E-state index >= 15 is 0 Å². The highest BCUT2D eigenvalue weighted by molar-refractivity contribution is 7.84. The topological polar surface area (TPSA) is 65.1 Å². The molecule has 2 rings (SSSR count). The van der Waals surface area contributed by atoms with Crippen molar-refractivity contribution in [2.45, 2.75) is 5.75 Å². The molecule has 1 aromatic heterocycles. The molecule has 2 aromatic rings. The van der Waals surface area contributed by atoms with E-state index in [0.717, 1.165) is 11.3 Å². The van der Waals surface area contributed by atoms with Crippen LogP contribution in [-0.4, -0.2) is 20.4 Å². The Balaban J connectivity index is 2.23. The van der Waals surface area contributed by atoms with Crippen LogP contribution in [0.5, 0.6) is 0 Å². The molecule has 0 spiro atoms. The molecule has 2 N–H and O–H groups in total. The van der Waals surface area contributed by atoms with Gasteiger partial charge in [0.05, 0.1) is 5.75 Å². The Morgan fingerprint density at radius 2 is 1.83 bits per heavy atom. The van der Waals surface area contributed by atoms with Crippen LogP contribution in [0.3, 0.4) is 0 Å². The summed E-state index contributed by atoms with van der Waals surface area (Å²) >= 11 is 0. The van der Waals surface area contributed by atoms with Gasteiger partial charge in [0.1, 0.15) is 5.75 Å². The monoisotopic (exact) mass is 262 g/mol. The smallest absolute Gasteiger partial charge is 0.230 e. The van der Waals surface area contributed by atoms with Gasteiger partial charge in [-0.2, -0.15) is 0 Å². The van der Waals surface area contributed by atoms with Gasteiger partial charge in [-0.3, -0.25) is 9.00 Å². The molecular weight excluding hydrogens is 248 g/mol. The van der Waals surface area contributed by atoms with Crippen LogP contribution in [0.25, 0.3) is 5.69 Å². The molecule has 0 unspecified atom stereocenters. The summed E-state index contributed by atoms with van der Waals surface area (Å²) in [4.78, 5) is 10.7. The van der Waals surface area contributed by atoms with Crippen LogP contribution in [0.4, 0.5) is 0 Å². The van der Waals surface area contributed by atoms with Gasteiger partial charge in [-0.15, -0.1) is 0 Å². The van der Waals surface area contributed by atoms with Crippen molar-refractivity contribution in [3.8, 4) is 5.69 Å². The van der Waals surface area contributed by atoms with Crippen LogP contribution in [0, 0.1) is 0 Å². The highest BCUT2D eigenvalue weighted by Crippen LogP contribution is 2.16. The van der Waals surface area contributed by atoms with E-state index in [0.29, 0.717) is 5.75 Å². The van der Waals surface area contributed by atoms with Crippen LogP contribution >= 0.6 is 0 Å². The molecule has 0 aliphatic rings. The van der Waals surface area contributed by atoms with E-state index in [2.05, 4.69) is 0 Å². The number of nitrogens with zero attached hydrogens (tertiary/aromatic N) is 1. The van der Waals surface area contributed by atoms with E-state index in [9.17, 15) is 9.00 Å². The molecule has 0 radical (unpaired) electrons. The first-order chi connectivity index (χ1) is 8.66. The molecule has 1 heterocycles. The molecule has 1 amide bonds. The molecule has 18 heavy (non-hydrogen) atoms. The number of hydrogen-bond donors (Lipinski definition) is 1. The maximum absolute atomic E-state index is 11.7. The molecular formula is C13H14N2O2S. The fraction of sp³-hybridized carbons (Fsp3) is 0.154. The lowest BCUT2D eigenvalue weighted by molar-refractivity contribution is -0.115. The molecule has 0 fully saturated rings. The minimum atomic E-state index is -1.26. The van der Waals surface area contributed by atoms with Crippen molar-refractivity contribution in [3.63, 3.8) is 0 Å². The van der Waals surface area contributed by atoms with Crippen molar-refractivity contribution in [1.29, 1.82) is 0 Å². The normalized spacial score (nSPS) is 12.2. The lowest BCUT2D eigenvalue weighted by Crippen LogP contribution is -2.20. The van der Waals surface area contributed by atoms with Gasteiger partial charge in [-0.25, -0.2) is 0 Å². The maximum Gasteiger partial charge on any atom is 0.230 e. The van der Waals surface area contributed by atoms with E-state index in [1.165, 1.54) is 0 Å². The summed E-state index contributed by atoms with van der Waals surface area (Å²) in [5.74, 6) is -0.302. The third kappa shape index (κ3) is 3.07. The van der Waals surface area contributed by atoms with Gasteiger partial charge < -0.3 is 10.3 Å². The molecule has 4 nitrogen and oxygen atoms in total. The van der Waals surface area contributed by atoms with Gasteiger partial charge in [-0.05, 0) is 23.8 Å². The summed E-state index contributed by atoms with van der Waals surface area (Å²) in [6.45, 7) is 0. The van der Waals surface area contributed by atoms with E-state index in [-0.39, 0.29) is 5.75 Å². The Labute approximate surface area is 108 Å². The number of primary amides is 1. The number of carbonyl (C=O) groups is 1. The molecule has 0 aliphatic carbocycles. The van der Waals surface area contributed by atoms with Crippen molar-refractivity contribution < 1.29 is 9.00 Å². The van der Waals surface area contributed by atoms with Gasteiger partial charge in [0.2, 0.25) is 5.91 Å². The number of amides is 1. The Hall–Kier alpha value is -1.88. The lowest BCUT2D eigenvalue weighted by atomic mass is 10.2. The quantitative estimate of drug-likeness (QED) is 0.880. The average molecular weight is 262 g/mol. The zero-order valence-corrected chi connectivity index (χ0v) is 10.6. The molecule has 0 saturated heterocycles. The van der Waals surface area contributed by atoms with E-state index in [1.54, 1.807) is 0 Å². The molecule has 0 bridgehead atoms. The molecule has 1 atom stereocenters. The van der Waals surface area contributed by atoms with Crippen LogP contribution in [0.15, 0.2) is 48.8 Å². The van der Waals surface area contributed by atoms with Crippen LogP contribution < -0.4 is 5.73 Å². The number of para-hydroxylation sites is 1. The van der Waals surface area contributed by atoms with Crippen LogP contribution in [0.1, 0.15) is 5.56 Å². The minimum Gasteiger partial charge on any atom is -0.369 e. The van der Waals surface area contributed by atoms with Crippen molar-refractivity contribution in [3.05, 3.63) is 54.4 Å². The standard InChI is InChI=1S/C13H14N2O2S/c14-13(16)10-18(17)9-11-5-1-2-6-12(11)15-7-3-4-8-15/h1-8H,9-10H2,(H2,14,16)/t18-/m0/s1. The van der Waals surface area contributed by atoms with Crippen molar-refractivity contribution in [2.75, 3.05) is 5.75 Å². The average Bonchev–Trinajstić information content (AvgIpc) is 2.81. The minimum absolute atomic E-state index is 0.0972. The zero-order valence-electron chi connectivity index (χ0n) is 9.78. The van der Waals surface area contributed by atoms with Crippen molar-refractivity contribution in [1.82, 2.24) is 4.57 Å². The second kappa shape index (κ2) is 5.64. The summed E-state index contributed by atoms with van der Waals surface area (Å²) in [6.07, 6.45) is 3.85. The Morgan fingerprint density at radius 3 is 2.50 bits per heavy atom. The van der Waals surface area contributed by atoms with E-state index in [1.807, 2.05) is 53.4 Å². The van der Waals surface area contributed by atoms with Gasteiger partial charge in [0.25, 0.3) is 0 Å². The summed E-state index contributed by atoms with van der Waals surface area (Å²) < 4.78 is 13.7. The number of nitrogens with two attached hydrogens (primary N) is 1. The third-order valence-corrected chi connectivity index (χ3v) is 3.73. The highest BCUT2D eigenvalue weighted by Gasteiger charge is 2.09. The molecule has 94 valence electrons. The third-order valence-electron chi connectivity index (χ3n) is 2.49. The Morgan fingerprint density at radius 1 is 1.17 bits per heavy atom. The SMILES string of the molecule is NC(=O)C[S@@](=O)Cc1ccccc1-n1cccc1. The van der Waals surface area contributed by atoms with Gasteiger partial charge in [-0.1, -0.05) is 18.2 Å². The largest absolute Gasteiger partial charge is 0.369 e. The first-order valence-corrected chi connectivity index (χ1v) is 7.00. The summed E-state index contributed by atoms with van der Waals surface area (Å²) in [6, 6.07) is 11.5. The second-order valence-electron chi connectivity index (χ2n) is 3.91. The maximum atomic E-state index is 11.7. The van der Waals surface area contributed by atoms with E-state index < -0.39 is 16.7 Å². The second-order valence-corrected chi connectivity index (χ2v) is 5.37. The predicted octanol–water partition coefficient (Wildman–Crippen LogP) is 1.21. The fourth-order valence-corrected chi connectivity index (χ4v) is 2.77. The molecule has 1 aromatic carbocycles. The summed E-state index contributed by atoms with van der Waals surface area (Å²) in [5, 5.41) is 0. The molecule has 5 heteroatoms. The first kappa shape index (κ1) is 12.6. The van der Waals surface area contributed by atoms with Crippen LogP contribution in [-0.2, 0) is 21.3 Å². The van der Waals surface area contributed by atoms with Crippen molar-refractivity contribution >= 4 is 16.7 Å². The number of hydrogen-bond acceptors (Lipinski definition) is 2. The lowest BCUT2D eigenvalue weighted by Gasteiger charge is -2.09. The van der Waals surface area contributed by atoms with E-state index in [4.69, 9.17) is 5.73 Å². The predicted molar refractivity (Wildman–Crippen MR) is 71.7 cm³/mol.